The van der Waals surface area contributed by atoms with Crippen LogP contribution in [-0.4, -0.2) is 34.1 Å². The molecule has 0 saturated heterocycles. The molecule has 6 nitrogen and oxygen atoms in total. The minimum absolute atomic E-state index is 0.263. The Bertz CT molecular complexity index is 1520. The maximum Gasteiger partial charge on any atom is 0.337 e. The van der Waals surface area contributed by atoms with Gasteiger partial charge in [0, 0.05) is 24.2 Å². The molecule has 0 bridgehead atoms. The van der Waals surface area contributed by atoms with Crippen LogP contribution in [0.15, 0.2) is 36.4 Å². The third-order valence-electron chi connectivity index (χ3n) is 7.99. The fourth-order valence-corrected chi connectivity index (χ4v) is 6.11. The van der Waals surface area contributed by atoms with Gasteiger partial charge in [-0.25, -0.2) is 9.18 Å². The number of ether oxygens (including phenoxy) is 2. The van der Waals surface area contributed by atoms with E-state index in [4.69, 9.17) is 9.47 Å². The van der Waals surface area contributed by atoms with Crippen LogP contribution in [-0.2, 0) is 29.0 Å². The Morgan fingerprint density at radius 2 is 1.70 bits per heavy atom. The number of halogens is 1. The highest BCUT2D eigenvalue weighted by Gasteiger charge is 2.37. The molecule has 1 amide bonds. The fraction of sp³-hybridized carbons (Fsp3) is 0.394. The number of carboxylic acids is 1. The highest BCUT2D eigenvalue weighted by Crippen LogP contribution is 2.46. The average Bonchev–Trinajstić information content (AvgIpc) is 3.35. The molecule has 0 aromatic heterocycles. The largest absolute Gasteiger partial charge is 0.493 e. The van der Waals surface area contributed by atoms with Crippen LogP contribution in [0.3, 0.4) is 0 Å². The number of carbonyl (C=O) groups excluding carboxylic acids is 1. The molecular formula is C33H36FNO5. The van der Waals surface area contributed by atoms with Crippen molar-refractivity contribution in [3.05, 3.63) is 86.7 Å². The van der Waals surface area contributed by atoms with Gasteiger partial charge in [0.15, 0.2) is 6.10 Å². The second-order valence-corrected chi connectivity index (χ2v) is 11.8. The predicted molar refractivity (Wildman–Crippen MR) is 151 cm³/mol. The summed E-state index contributed by atoms with van der Waals surface area (Å²) >= 11 is 0. The molecule has 0 saturated carbocycles. The lowest BCUT2D eigenvalue weighted by molar-refractivity contribution is -0.160. The molecule has 3 aromatic carbocycles. The van der Waals surface area contributed by atoms with E-state index >= 15 is 0 Å². The Hall–Kier alpha value is -3.71. The molecule has 2 aliphatic rings. The van der Waals surface area contributed by atoms with Gasteiger partial charge in [-0.3, -0.25) is 4.79 Å². The smallest absolute Gasteiger partial charge is 0.337 e. The number of rotatable bonds is 5. The Morgan fingerprint density at radius 3 is 2.35 bits per heavy atom. The molecular weight excluding hydrogens is 509 g/mol. The number of nitrogens with zero attached hydrogens (tertiary/aromatic N) is 1. The molecule has 0 aliphatic carbocycles. The van der Waals surface area contributed by atoms with Gasteiger partial charge >= 0.3 is 5.97 Å². The average molecular weight is 546 g/mol. The van der Waals surface area contributed by atoms with Crippen molar-refractivity contribution in [3.8, 4) is 16.9 Å². The Kier molecular flexibility index (Phi) is 7.21. The Morgan fingerprint density at radius 1 is 1.00 bits per heavy atom. The number of hydrogen-bond acceptors (Lipinski definition) is 4. The number of hydrogen-bond donors (Lipinski definition) is 1. The van der Waals surface area contributed by atoms with E-state index in [1.807, 2.05) is 46.8 Å². The molecule has 7 heteroatoms. The summed E-state index contributed by atoms with van der Waals surface area (Å²) in [6.45, 7) is 12.9. The molecule has 1 atom stereocenters. The highest BCUT2D eigenvalue weighted by molar-refractivity contribution is 5.95. The van der Waals surface area contributed by atoms with Crippen LogP contribution < -0.4 is 4.74 Å². The normalized spacial score (nSPS) is 15.3. The van der Waals surface area contributed by atoms with Crippen molar-refractivity contribution in [1.82, 2.24) is 4.90 Å². The Balaban J connectivity index is 1.71. The number of benzene rings is 3. The van der Waals surface area contributed by atoms with Gasteiger partial charge < -0.3 is 19.5 Å². The molecule has 210 valence electrons. The molecule has 2 heterocycles. The first kappa shape index (κ1) is 27.8. The second kappa shape index (κ2) is 10.4. The fourth-order valence-electron chi connectivity index (χ4n) is 6.11. The van der Waals surface area contributed by atoms with E-state index in [2.05, 4.69) is 6.92 Å². The van der Waals surface area contributed by atoms with Crippen LogP contribution in [0, 0.1) is 26.6 Å². The molecule has 1 N–H and O–H groups in total. The van der Waals surface area contributed by atoms with Crippen molar-refractivity contribution in [2.75, 3.05) is 6.61 Å². The van der Waals surface area contributed by atoms with E-state index in [0.29, 0.717) is 25.3 Å². The van der Waals surface area contributed by atoms with Crippen molar-refractivity contribution in [2.24, 2.45) is 0 Å². The topological polar surface area (TPSA) is 76.1 Å². The van der Waals surface area contributed by atoms with Crippen molar-refractivity contribution >= 4 is 11.9 Å². The maximum absolute atomic E-state index is 13.9. The molecule has 0 radical (unpaired) electrons. The lowest BCUT2D eigenvalue weighted by Gasteiger charge is -2.31. The summed E-state index contributed by atoms with van der Waals surface area (Å²) in [4.78, 5) is 27.9. The summed E-state index contributed by atoms with van der Waals surface area (Å²) in [5.41, 5.74) is 7.80. The predicted octanol–water partition coefficient (Wildman–Crippen LogP) is 6.84. The van der Waals surface area contributed by atoms with Gasteiger partial charge in [-0.1, -0.05) is 12.1 Å². The zero-order valence-corrected chi connectivity index (χ0v) is 24.0. The van der Waals surface area contributed by atoms with Gasteiger partial charge in [-0.2, -0.15) is 0 Å². The summed E-state index contributed by atoms with van der Waals surface area (Å²) in [7, 11) is 0. The van der Waals surface area contributed by atoms with Crippen LogP contribution in [0.1, 0.15) is 82.6 Å². The number of carboxylic acid groups (broad SMARTS) is 1. The van der Waals surface area contributed by atoms with E-state index in [1.165, 1.54) is 18.2 Å². The monoisotopic (exact) mass is 545 g/mol. The highest BCUT2D eigenvalue weighted by atomic mass is 19.1. The zero-order valence-electron chi connectivity index (χ0n) is 24.0. The quantitative estimate of drug-likeness (QED) is 0.380. The lowest BCUT2D eigenvalue weighted by atomic mass is 9.81. The summed E-state index contributed by atoms with van der Waals surface area (Å²) in [6.07, 6.45) is 0.608. The molecule has 0 unspecified atom stereocenters. The van der Waals surface area contributed by atoms with Crippen molar-refractivity contribution in [1.29, 1.82) is 0 Å². The SMILES string of the molecule is Cc1c(-c2c(C)c3c(c(C)c2[C@H](OC(C)(C)C)C(=O)O)CN(C(=O)c2cccc(F)c2)C3)ccc2c1CCCO2. The van der Waals surface area contributed by atoms with Crippen LogP contribution >= 0.6 is 0 Å². The van der Waals surface area contributed by atoms with Crippen molar-refractivity contribution in [3.63, 3.8) is 0 Å². The van der Waals surface area contributed by atoms with Crippen LogP contribution in [0.4, 0.5) is 4.39 Å². The standard InChI is InChI=1S/C33H36FNO5/c1-18-23-11-8-14-39-27(23)13-12-24(18)28-19(2)25-16-35(31(36)21-9-7-10-22(34)15-21)17-26(25)20(3)29(28)30(32(37)38)40-33(4,5)6/h7,9-10,12-13,15,30H,8,11,14,16-17H2,1-6H3,(H,37,38)/t30-/m0/s1. The van der Waals surface area contributed by atoms with Gasteiger partial charge in [0.05, 0.1) is 12.2 Å². The number of fused-ring (bicyclic) bond motifs is 2. The van der Waals surface area contributed by atoms with E-state index in [1.54, 1.807) is 11.0 Å². The number of amides is 1. The summed E-state index contributed by atoms with van der Waals surface area (Å²) in [6, 6.07) is 9.69. The van der Waals surface area contributed by atoms with Gasteiger partial charge in [-0.15, -0.1) is 0 Å². The van der Waals surface area contributed by atoms with Gasteiger partial charge in [0.2, 0.25) is 0 Å². The molecule has 3 aromatic rings. The molecule has 2 aliphatic heterocycles. The minimum Gasteiger partial charge on any atom is -0.493 e. The molecule has 0 fully saturated rings. The van der Waals surface area contributed by atoms with Gasteiger partial charge in [0.1, 0.15) is 11.6 Å². The number of aliphatic carboxylic acids is 1. The molecule has 40 heavy (non-hydrogen) atoms. The molecule has 0 spiro atoms. The maximum atomic E-state index is 13.9. The second-order valence-electron chi connectivity index (χ2n) is 11.8. The van der Waals surface area contributed by atoms with E-state index in [-0.39, 0.29) is 11.5 Å². The first-order chi connectivity index (χ1) is 18.9. The summed E-state index contributed by atoms with van der Waals surface area (Å²) < 4.78 is 26.0. The zero-order chi connectivity index (χ0) is 28.9. The van der Waals surface area contributed by atoms with Gasteiger partial charge in [-0.05, 0) is 123 Å². The van der Waals surface area contributed by atoms with Crippen LogP contribution in [0.2, 0.25) is 0 Å². The number of carbonyl (C=O) groups is 2. The first-order valence-electron chi connectivity index (χ1n) is 13.7. The lowest BCUT2D eigenvalue weighted by Crippen LogP contribution is -2.29. The van der Waals surface area contributed by atoms with E-state index < -0.39 is 23.5 Å². The third kappa shape index (κ3) is 4.99. The van der Waals surface area contributed by atoms with Gasteiger partial charge in [0.25, 0.3) is 5.91 Å². The van der Waals surface area contributed by atoms with Crippen LogP contribution in [0.25, 0.3) is 11.1 Å². The Labute approximate surface area is 234 Å². The van der Waals surface area contributed by atoms with E-state index in [0.717, 1.165) is 63.1 Å². The molecule has 5 rings (SSSR count). The van der Waals surface area contributed by atoms with Crippen molar-refractivity contribution in [2.45, 2.75) is 79.2 Å². The first-order valence-corrected chi connectivity index (χ1v) is 13.7. The summed E-state index contributed by atoms with van der Waals surface area (Å²) in [5, 5.41) is 10.5. The van der Waals surface area contributed by atoms with E-state index in [9.17, 15) is 19.1 Å². The summed E-state index contributed by atoms with van der Waals surface area (Å²) in [5.74, 6) is -0.920. The minimum atomic E-state index is -1.21. The van der Waals surface area contributed by atoms with Crippen molar-refractivity contribution < 1.29 is 28.6 Å². The third-order valence-corrected chi connectivity index (χ3v) is 7.99. The van der Waals surface area contributed by atoms with Crippen LogP contribution in [0.5, 0.6) is 5.75 Å².